The smallest absolute Gasteiger partial charge is 0.184 e. The van der Waals surface area contributed by atoms with Crippen LogP contribution in [-0.4, -0.2) is 42.1 Å². The van der Waals surface area contributed by atoms with Crippen LogP contribution < -0.4 is 5.32 Å². The van der Waals surface area contributed by atoms with E-state index in [1.165, 1.54) is 68.7 Å². The van der Waals surface area contributed by atoms with Gasteiger partial charge in [-0.25, -0.2) is 0 Å². The third kappa shape index (κ3) is 4.25. The lowest BCUT2D eigenvalue weighted by Gasteiger charge is -2.35. The second-order valence-electron chi connectivity index (χ2n) is 9.18. The summed E-state index contributed by atoms with van der Waals surface area (Å²) < 4.78 is 1.88. The zero-order chi connectivity index (χ0) is 21.2. The lowest BCUT2D eigenvalue weighted by Crippen LogP contribution is -2.48. The van der Waals surface area contributed by atoms with Gasteiger partial charge in [-0.3, -0.25) is 0 Å². The summed E-state index contributed by atoms with van der Waals surface area (Å²) in [5.41, 5.74) is 4.36. The number of tetrazole rings is 1. The summed E-state index contributed by atoms with van der Waals surface area (Å²) in [6.45, 7) is 2.94. The molecule has 3 aromatic rings. The summed E-state index contributed by atoms with van der Waals surface area (Å²) in [6, 6.07) is 9.84. The molecule has 2 heterocycles. The Morgan fingerprint density at radius 3 is 2.65 bits per heavy atom. The molecule has 1 N–H and O–H groups in total. The number of aryl methyl sites for hydroxylation is 1. The minimum atomic E-state index is 0.497. The fraction of sp³-hybridized carbons (Fsp3) is 0.583. The molecule has 0 atom stereocenters. The van der Waals surface area contributed by atoms with E-state index in [9.17, 15) is 0 Å². The Hall–Kier alpha value is -2.28. The van der Waals surface area contributed by atoms with Crippen molar-refractivity contribution >= 4 is 33.9 Å². The SMILES string of the molecule is CCc1ccc2c(c1)cc(CN(C(=S)NC1CCCCC1)C1CCCC1)c1nnnn12. The Kier molecular flexibility index (Phi) is 6.03. The summed E-state index contributed by atoms with van der Waals surface area (Å²) in [7, 11) is 0. The lowest BCUT2D eigenvalue weighted by atomic mass is 9.96. The molecule has 2 fully saturated rings. The summed E-state index contributed by atoms with van der Waals surface area (Å²) in [5, 5.41) is 18.5. The molecule has 2 aromatic heterocycles. The van der Waals surface area contributed by atoms with E-state index in [1.807, 2.05) is 4.52 Å². The molecule has 5 rings (SSSR count). The molecule has 7 heteroatoms. The van der Waals surface area contributed by atoms with Crippen LogP contribution in [0.3, 0.4) is 0 Å². The summed E-state index contributed by atoms with van der Waals surface area (Å²) >= 11 is 5.99. The molecule has 0 amide bonds. The van der Waals surface area contributed by atoms with E-state index in [1.54, 1.807) is 0 Å². The molecule has 0 spiro atoms. The van der Waals surface area contributed by atoms with Crippen LogP contribution >= 0.6 is 12.2 Å². The van der Waals surface area contributed by atoms with Crippen LogP contribution in [0.25, 0.3) is 16.6 Å². The van der Waals surface area contributed by atoms with Crippen molar-refractivity contribution < 1.29 is 0 Å². The Bertz CT molecular complexity index is 1060. The summed E-state index contributed by atoms with van der Waals surface area (Å²) in [4.78, 5) is 2.43. The summed E-state index contributed by atoms with van der Waals surface area (Å²) in [6.07, 6.45) is 12.4. The zero-order valence-corrected chi connectivity index (χ0v) is 19.2. The first-order valence-corrected chi connectivity index (χ1v) is 12.3. The van der Waals surface area contributed by atoms with Crippen LogP contribution in [-0.2, 0) is 13.0 Å². The van der Waals surface area contributed by atoms with E-state index in [0.29, 0.717) is 12.1 Å². The molecule has 2 saturated carbocycles. The number of nitrogens with one attached hydrogen (secondary N) is 1. The maximum absolute atomic E-state index is 5.99. The predicted octanol–water partition coefficient (Wildman–Crippen LogP) is 4.79. The van der Waals surface area contributed by atoms with Gasteiger partial charge in [0.15, 0.2) is 10.8 Å². The Morgan fingerprint density at radius 1 is 1.10 bits per heavy atom. The van der Waals surface area contributed by atoms with Gasteiger partial charge in [0.1, 0.15) is 0 Å². The van der Waals surface area contributed by atoms with E-state index in [2.05, 4.69) is 56.9 Å². The van der Waals surface area contributed by atoms with Crippen LogP contribution in [0.4, 0.5) is 0 Å². The first kappa shape index (κ1) is 20.6. The molecule has 0 radical (unpaired) electrons. The minimum absolute atomic E-state index is 0.497. The van der Waals surface area contributed by atoms with Gasteiger partial charge in [-0.1, -0.05) is 45.1 Å². The summed E-state index contributed by atoms with van der Waals surface area (Å²) in [5.74, 6) is 0. The molecule has 2 aliphatic rings. The second-order valence-corrected chi connectivity index (χ2v) is 9.57. The van der Waals surface area contributed by atoms with Gasteiger partial charge in [-0.2, -0.15) is 4.52 Å². The van der Waals surface area contributed by atoms with Crippen molar-refractivity contribution in [3.8, 4) is 0 Å². The number of benzene rings is 1. The predicted molar refractivity (Wildman–Crippen MR) is 128 cm³/mol. The van der Waals surface area contributed by atoms with Crippen molar-refractivity contribution in [3.63, 3.8) is 0 Å². The first-order valence-electron chi connectivity index (χ1n) is 11.9. The topological polar surface area (TPSA) is 58.3 Å². The van der Waals surface area contributed by atoms with Crippen molar-refractivity contribution in [2.45, 2.75) is 89.8 Å². The lowest BCUT2D eigenvalue weighted by molar-refractivity contribution is 0.294. The van der Waals surface area contributed by atoms with Gasteiger partial charge < -0.3 is 10.2 Å². The third-order valence-electron chi connectivity index (χ3n) is 7.11. The molecule has 0 bridgehead atoms. The quantitative estimate of drug-likeness (QED) is 0.580. The van der Waals surface area contributed by atoms with Crippen molar-refractivity contribution in [2.75, 3.05) is 0 Å². The molecule has 0 aliphatic heterocycles. The zero-order valence-electron chi connectivity index (χ0n) is 18.4. The average Bonchev–Trinajstić information content (AvgIpc) is 3.50. The Labute approximate surface area is 189 Å². The van der Waals surface area contributed by atoms with E-state index >= 15 is 0 Å². The fourth-order valence-electron chi connectivity index (χ4n) is 5.32. The highest BCUT2D eigenvalue weighted by Crippen LogP contribution is 2.28. The Morgan fingerprint density at radius 2 is 1.87 bits per heavy atom. The highest BCUT2D eigenvalue weighted by molar-refractivity contribution is 7.80. The largest absolute Gasteiger partial charge is 0.360 e. The number of nitrogens with zero attached hydrogens (tertiary/aromatic N) is 5. The monoisotopic (exact) mass is 436 g/mol. The molecular weight excluding hydrogens is 404 g/mol. The standard InChI is InChI=1S/C24H32N6S/c1-2-17-12-13-22-18(14-17)15-19(23-26-27-28-30(22)23)16-29(21-10-6-7-11-21)24(31)25-20-8-4-3-5-9-20/h12-15,20-21H,2-11,16H2,1H3,(H,25,31). The van der Waals surface area contributed by atoms with E-state index in [4.69, 9.17) is 12.2 Å². The first-order chi connectivity index (χ1) is 15.2. The van der Waals surface area contributed by atoms with E-state index in [-0.39, 0.29) is 0 Å². The molecule has 164 valence electrons. The molecule has 2 aliphatic carbocycles. The average molecular weight is 437 g/mol. The number of hydrogen-bond donors (Lipinski definition) is 1. The van der Waals surface area contributed by atoms with Crippen molar-refractivity contribution in [1.29, 1.82) is 0 Å². The van der Waals surface area contributed by atoms with Crippen LogP contribution in [0.1, 0.15) is 75.8 Å². The molecular formula is C24H32N6S. The molecule has 1 aromatic carbocycles. The van der Waals surface area contributed by atoms with Crippen LogP contribution in [0.5, 0.6) is 0 Å². The third-order valence-corrected chi connectivity index (χ3v) is 7.47. The highest BCUT2D eigenvalue weighted by Gasteiger charge is 2.27. The van der Waals surface area contributed by atoms with Gasteiger partial charge in [0.05, 0.1) is 5.52 Å². The van der Waals surface area contributed by atoms with Gasteiger partial charge in [-0.15, -0.1) is 5.10 Å². The number of aromatic nitrogens is 4. The number of rotatable bonds is 5. The minimum Gasteiger partial charge on any atom is -0.360 e. The van der Waals surface area contributed by atoms with E-state index < -0.39 is 0 Å². The van der Waals surface area contributed by atoms with Crippen LogP contribution in [0.2, 0.25) is 0 Å². The van der Waals surface area contributed by atoms with Gasteiger partial charge in [0, 0.05) is 29.6 Å². The van der Waals surface area contributed by atoms with Crippen molar-refractivity contribution in [3.05, 3.63) is 35.4 Å². The van der Waals surface area contributed by atoms with Crippen molar-refractivity contribution in [1.82, 2.24) is 30.3 Å². The molecule has 31 heavy (non-hydrogen) atoms. The maximum atomic E-state index is 5.99. The van der Waals surface area contributed by atoms with Crippen molar-refractivity contribution in [2.24, 2.45) is 0 Å². The van der Waals surface area contributed by atoms with Crippen LogP contribution in [0, 0.1) is 0 Å². The van der Waals surface area contributed by atoms with Gasteiger partial charge in [0.2, 0.25) is 0 Å². The van der Waals surface area contributed by atoms with Crippen LogP contribution in [0.15, 0.2) is 24.3 Å². The van der Waals surface area contributed by atoms with Gasteiger partial charge >= 0.3 is 0 Å². The maximum Gasteiger partial charge on any atom is 0.184 e. The number of thiocarbonyl (C=S) groups is 1. The number of pyridine rings is 1. The van der Waals surface area contributed by atoms with Gasteiger partial charge in [0.25, 0.3) is 0 Å². The highest BCUT2D eigenvalue weighted by atomic mass is 32.1. The van der Waals surface area contributed by atoms with Gasteiger partial charge in [-0.05, 0) is 78.5 Å². The molecule has 6 nitrogen and oxygen atoms in total. The number of hydrogen-bond acceptors (Lipinski definition) is 4. The molecule has 0 unspecified atom stereocenters. The normalized spacial score (nSPS) is 18.1. The fourth-order valence-corrected chi connectivity index (χ4v) is 5.70. The molecule has 0 saturated heterocycles. The Balaban J connectivity index is 1.48. The second kappa shape index (κ2) is 9.07. The van der Waals surface area contributed by atoms with E-state index in [0.717, 1.165) is 34.8 Å². The number of fused-ring (bicyclic) bond motifs is 3.